The molecule has 146 valence electrons. The normalized spacial score (nSPS) is 8.81. The van der Waals surface area contributed by atoms with Crippen molar-refractivity contribution in [2.75, 3.05) is 39.3 Å². The van der Waals surface area contributed by atoms with Gasteiger partial charge in [-0.1, -0.05) is 0 Å². The van der Waals surface area contributed by atoms with Gasteiger partial charge in [0.05, 0.1) is 26.2 Å². The van der Waals surface area contributed by atoms with E-state index in [-0.39, 0.29) is 116 Å². The molecule has 0 aliphatic rings. The molecule has 0 fully saturated rings. The summed E-state index contributed by atoms with van der Waals surface area (Å²) >= 11 is 0. The van der Waals surface area contributed by atoms with Gasteiger partial charge in [-0.25, -0.2) is 4.79 Å². The first-order chi connectivity index (χ1) is 10.9. The first-order valence-corrected chi connectivity index (χ1v) is 6.17. The van der Waals surface area contributed by atoms with Crippen LogP contribution in [0.15, 0.2) is 0 Å². The van der Waals surface area contributed by atoms with Gasteiger partial charge in [-0.3, -0.25) is 29.0 Å². The van der Waals surface area contributed by atoms with Gasteiger partial charge in [-0.2, -0.15) is 0 Å². The number of carboxylic acids is 4. The molecule has 0 aliphatic heterocycles. The molecular formula is C11H22CaN2Na2O11. The molecule has 0 saturated heterocycles. The second kappa shape index (κ2) is 22.6. The largest absolute Gasteiger partial charge is 2.00 e. The monoisotopic (exact) mass is 444 g/mol. The van der Waals surface area contributed by atoms with Crippen LogP contribution in [0.25, 0.3) is 0 Å². The Morgan fingerprint density at radius 3 is 0.815 bits per heavy atom. The summed E-state index contributed by atoms with van der Waals surface area (Å²) in [4.78, 5) is 52.9. The molecule has 0 bridgehead atoms. The van der Waals surface area contributed by atoms with E-state index in [4.69, 9.17) is 35.4 Å². The van der Waals surface area contributed by atoms with E-state index in [1.165, 1.54) is 0 Å². The van der Waals surface area contributed by atoms with Crippen LogP contribution in [0.4, 0.5) is 4.79 Å². The first-order valence-electron chi connectivity index (χ1n) is 6.17. The molecule has 0 aromatic heterocycles. The minimum Gasteiger partial charge on any atom is -1.00 e. The Morgan fingerprint density at radius 2 is 0.704 bits per heavy atom. The number of aliphatic carboxylic acids is 4. The number of hydrogen-bond donors (Lipinski definition) is 6. The summed E-state index contributed by atoms with van der Waals surface area (Å²) in [7, 11) is 0. The first kappa shape index (κ1) is 38.0. The van der Waals surface area contributed by atoms with Gasteiger partial charge in [0.25, 0.3) is 0 Å². The summed E-state index contributed by atoms with van der Waals surface area (Å²) < 4.78 is 0. The Balaban J connectivity index is -0.0000000578. The fourth-order valence-corrected chi connectivity index (χ4v) is 1.48. The molecule has 27 heavy (non-hydrogen) atoms. The molecule has 0 atom stereocenters. The number of nitrogens with zero attached hydrogens (tertiary/aromatic N) is 2. The predicted octanol–water partition coefficient (Wildman–Crippen LogP) is -7.77. The van der Waals surface area contributed by atoms with Crippen LogP contribution in [0.1, 0.15) is 5.71 Å². The van der Waals surface area contributed by atoms with E-state index in [1.54, 1.807) is 0 Å². The van der Waals surface area contributed by atoms with Gasteiger partial charge < -0.3 is 36.3 Å². The van der Waals surface area contributed by atoms with Gasteiger partial charge in [0.1, 0.15) is 0 Å². The fourth-order valence-electron chi connectivity index (χ4n) is 1.48. The smallest absolute Gasteiger partial charge is 1.00 e. The summed E-state index contributed by atoms with van der Waals surface area (Å²) in [6.45, 7) is -2.25. The van der Waals surface area contributed by atoms with Crippen molar-refractivity contribution < 1.29 is 119 Å². The quantitative estimate of drug-likeness (QED) is 0.164. The van der Waals surface area contributed by atoms with Crippen molar-refractivity contribution in [1.29, 1.82) is 0 Å². The minimum absolute atomic E-state index is 0. The third-order valence-electron chi connectivity index (χ3n) is 2.17. The maximum atomic E-state index is 10.6. The molecule has 16 heteroatoms. The molecule has 0 saturated carbocycles. The summed E-state index contributed by atoms with van der Waals surface area (Å²) in [6.07, 6.45) is -1.83. The summed E-state index contributed by atoms with van der Waals surface area (Å²) in [5, 5.41) is 48.4. The topological polar surface area (TPSA) is 213 Å². The van der Waals surface area contributed by atoms with Crippen LogP contribution in [0.5, 0.6) is 0 Å². The van der Waals surface area contributed by atoms with Crippen molar-refractivity contribution in [3.05, 3.63) is 0 Å². The molecule has 0 heterocycles. The molecule has 0 rings (SSSR count). The number of rotatable bonds is 11. The minimum atomic E-state index is -1.83. The molecule has 0 aliphatic carbocycles. The van der Waals surface area contributed by atoms with E-state index in [0.717, 1.165) is 9.80 Å². The average molecular weight is 444 g/mol. The van der Waals surface area contributed by atoms with Gasteiger partial charge in [0.2, 0.25) is 0 Å². The van der Waals surface area contributed by atoms with Crippen LogP contribution in [0, 0.1) is 0 Å². The van der Waals surface area contributed by atoms with Crippen LogP contribution in [0.3, 0.4) is 0 Å². The van der Waals surface area contributed by atoms with E-state index in [0.29, 0.717) is 0 Å². The third kappa shape index (κ3) is 34.3. The third-order valence-corrected chi connectivity index (χ3v) is 2.17. The zero-order valence-electron chi connectivity index (χ0n) is 19.1. The second-order valence-electron chi connectivity index (χ2n) is 4.28. The van der Waals surface area contributed by atoms with Gasteiger partial charge in [-0.15, -0.1) is 0 Å². The second-order valence-corrected chi connectivity index (χ2v) is 4.28. The molecule has 0 spiro atoms. The standard InChI is InChI=1S/C10H16N2O8.CH2O3.Ca.2Na.4H/c13-7(14)3-11(4-8(15)16)1-2-12(5-9(17)18)6-10(19)20;2-1(3)4;;;;;;;/h1-6H2,(H,13,14)(H,15,16)(H,17,18)(H,19,20);(H2,2,3,4);;;;;;;/q;;+2;2*+1;4*-1. The molecule has 0 aromatic rings. The maximum Gasteiger partial charge on any atom is 2.00 e. The van der Waals surface area contributed by atoms with E-state index in [1.807, 2.05) is 0 Å². The van der Waals surface area contributed by atoms with Crippen molar-refractivity contribution >= 4 is 67.8 Å². The number of hydrogen-bond acceptors (Lipinski definition) is 7. The molecule has 6 N–H and O–H groups in total. The molecule has 13 nitrogen and oxygen atoms in total. The van der Waals surface area contributed by atoms with Crippen molar-refractivity contribution in [2.24, 2.45) is 0 Å². The van der Waals surface area contributed by atoms with Crippen molar-refractivity contribution in [2.45, 2.75) is 0 Å². The van der Waals surface area contributed by atoms with Gasteiger partial charge in [0.15, 0.2) is 0 Å². The Hall–Kier alpha value is 0.330. The number of carbonyl (C=O) groups is 5. The Bertz CT molecular complexity index is 426. The SMILES string of the molecule is O=C(O)CN(CCN(CC(=O)O)CC(=O)O)CC(=O)O.O=C(O)O.[Ca+2].[H-].[H-].[H-].[H-].[Na+].[Na+]. The van der Waals surface area contributed by atoms with Crippen LogP contribution in [-0.4, -0.2) is 147 Å². The maximum absolute atomic E-state index is 10.6. The van der Waals surface area contributed by atoms with Crippen LogP contribution >= 0.6 is 0 Å². The average Bonchev–Trinajstić information content (AvgIpc) is 2.32. The van der Waals surface area contributed by atoms with E-state index < -0.39 is 56.2 Å². The fraction of sp³-hybridized carbons (Fsp3) is 0.545. The van der Waals surface area contributed by atoms with Gasteiger partial charge in [-0.05, 0) is 0 Å². The summed E-state index contributed by atoms with van der Waals surface area (Å²) in [6, 6.07) is 0. The molecule has 0 aromatic carbocycles. The summed E-state index contributed by atoms with van der Waals surface area (Å²) in [5.74, 6) is -4.91. The molecular weight excluding hydrogens is 422 g/mol. The van der Waals surface area contributed by atoms with Crippen LogP contribution in [0.2, 0.25) is 0 Å². The van der Waals surface area contributed by atoms with Crippen LogP contribution in [-0.2, 0) is 19.2 Å². The van der Waals surface area contributed by atoms with Gasteiger partial charge in [0, 0.05) is 13.1 Å². The zero-order valence-corrected chi connectivity index (χ0v) is 21.3. The van der Waals surface area contributed by atoms with Crippen molar-refractivity contribution in [3.63, 3.8) is 0 Å². The zero-order chi connectivity index (χ0) is 19.3. The van der Waals surface area contributed by atoms with E-state index in [2.05, 4.69) is 0 Å². The Kier molecular flexibility index (Phi) is 31.8. The Labute approximate surface area is 233 Å². The van der Waals surface area contributed by atoms with Crippen molar-refractivity contribution in [3.8, 4) is 0 Å². The Morgan fingerprint density at radius 1 is 0.556 bits per heavy atom. The van der Waals surface area contributed by atoms with Crippen molar-refractivity contribution in [1.82, 2.24) is 9.80 Å². The number of carboxylic acid groups (broad SMARTS) is 6. The molecule has 0 radical (unpaired) electrons. The molecule has 0 amide bonds. The molecule has 0 unspecified atom stereocenters. The predicted molar refractivity (Wildman–Crippen MR) is 84.3 cm³/mol. The van der Waals surface area contributed by atoms with Gasteiger partial charge >= 0.3 is 127 Å². The van der Waals surface area contributed by atoms with E-state index >= 15 is 0 Å². The van der Waals surface area contributed by atoms with Crippen LogP contribution < -0.4 is 59.1 Å². The van der Waals surface area contributed by atoms with E-state index in [9.17, 15) is 19.2 Å². The summed E-state index contributed by atoms with van der Waals surface area (Å²) in [5.41, 5.74) is 0.